The lowest BCUT2D eigenvalue weighted by Crippen LogP contribution is -2.31. The number of nitrogens with zero attached hydrogens (tertiary/aromatic N) is 2. The molecule has 1 saturated heterocycles. The number of Topliss-reactive ketones (excluding diaryl/α,β-unsaturated/α-hetero) is 1. The highest BCUT2D eigenvalue weighted by Gasteiger charge is 2.45. The number of hydrogen-bond acceptors (Lipinski definition) is 7. The molecule has 1 unspecified atom stereocenters. The lowest BCUT2D eigenvalue weighted by molar-refractivity contribution is -0.384. The summed E-state index contributed by atoms with van der Waals surface area (Å²) in [5, 5.41) is 22.1. The molecule has 1 aliphatic rings. The Labute approximate surface area is 190 Å². The highest BCUT2D eigenvalue weighted by molar-refractivity contribution is 6.46. The van der Waals surface area contributed by atoms with E-state index in [9.17, 15) is 24.8 Å². The first-order chi connectivity index (χ1) is 15.9. The number of carbonyl (C=O) groups excluding carboxylic acids is 2. The number of ketones is 1. The lowest BCUT2D eigenvalue weighted by Gasteiger charge is -2.25. The summed E-state index contributed by atoms with van der Waals surface area (Å²) in [6.45, 7) is 4.49. The number of methoxy groups -OCH3 is 1. The molecule has 3 rings (SSSR count). The van der Waals surface area contributed by atoms with Crippen molar-refractivity contribution < 1.29 is 29.1 Å². The van der Waals surface area contributed by atoms with Crippen LogP contribution in [0.2, 0.25) is 0 Å². The zero-order valence-corrected chi connectivity index (χ0v) is 18.1. The van der Waals surface area contributed by atoms with Crippen LogP contribution >= 0.6 is 0 Å². The monoisotopic (exact) mass is 452 g/mol. The van der Waals surface area contributed by atoms with Crippen LogP contribution < -0.4 is 4.74 Å². The molecule has 1 fully saturated rings. The second-order valence-corrected chi connectivity index (χ2v) is 7.31. The molecular weight excluding hydrogens is 428 g/mol. The van der Waals surface area contributed by atoms with Crippen molar-refractivity contribution >= 4 is 23.1 Å². The average Bonchev–Trinajstić information content (AvgIpc) is 3.08. The summed E-state index contributed by atoms with van der Waals surface area (Å²) < 4.78 is 10.5. The Balaban J connectivity index is 2.05. The number of aliphatic hydroxyl groups is 1. The third-order valence-electron chi connectivity index (χ3n) is 5.20. The van der Waals surface area contributed by atoms with E-state index in [1.54, 1.807) is 30.3 Å². The van der Waals surface area contributed by atoms with Gasteiger partial charge in [-0.1, -0.05) is 12.7 Å². The predicted octanol–water partition coefficient (Wildman–Crippen LogP) is 3.62. The van der Waals surface area contributed by atoms with Gasteiger partial charge in [-0.2, -0.15) is 0 Å². The molecule has 0 bridgehead atoms. The molecule has 0 radical (unpaired) electrons. The molecule has 33 heavy (non-hydrogen) atoms. The van der Waals surface area contributed by atoms with E-state index in [-0.39, 0.29) is 23.6 Å². The molecule has 1 N–H and O–H groups in total. The number of ether oxygens (including phenoxy) is 2. The zero-order chi connectivity index (χ0) is 24.0. The van der Waals surface area contributed by atoms with Crippen molar-refractivity contribution in [2.45, 2.75) is 12.5 Å². The summed E-state index contributed by atoms with van der Waals surface area (Å²) in [4.78, 5) is 37.6. The number of non-ortho nitro benzene ring substituents is 1. The third kappa shape index (κ3) is 5.09. The van der Waals surface area contributed by atoms with Gasteiger partial charge in [-0.3, -0.25) is 19.7 Å². The minimum atomic E-state index is -0.889. The van der Waals surface area contributed by atoms with E-state index >= 15 is 0 Å². The van der Waals surface area contributed by atoms with E-state index < -0.39 is 22.7 Å². The molecule has 2 aromatic carbocycles. The average molecular weight is 452 g/mol. The van der Waals surface area contributed by atoms with Crippen molar-refractivity contribution in [3.8, 4) is 5.75 Å². The number of hydrogen-bond donors (Lipinski definition) is 1. The van der Waals surface area contributed by atoms with E-state index in [2.05, 4.69) is 6.58 Å². The van der Waals surface area contributed by atoms with Crippen LogP contribution in [0, 0.1) is 10.1 Å². The molecule has 9 nitrogen and oxygen atoms in total. The van der Waals surface area contributed by atoms with Crippen LogP contribution in [0.15, 0.2) is 66.8 Å². The van der Waals surface area contributed by atoms with E-state index in [4.69, 9.17) is 9.47 Å². The second kappa shape index (κ2) is 10.6. The van der Waals surface area contributed by atoms with Crippen LogP contribution in [0.5, 0.6) is 5.75 Å². The standard InChI is InChI=1S/C24H24N2O7/c1-3-14-33-19-11-7-17(8-12-19)22(27)20-21(16-5-9-18(10-6-16)26(30)31)25(13-4-15-32-2)24(29)23(20)28/h3,5-12,21,27H,1,4,13-15H2,2H3/b22-20+. The minimum Gasteiger partial charge on any atom is -0.507 e. The van der Waals surface area contributed by atoms with Crippen molar-refractivity contribution in [1.29, 1.82) is 0 Å². The van der Waals surface area contributed by atoms with E-state index in [0.29, 0.717) is 36.5 Å². The number of carbonyl (C=O) groups is 2. The Morgan fingerprint density at radius 3 is 2.42 bits per heavy atom. The molecule has 0 saturated carbocycles. The number of amides is 1. The van der Waals surface area contributed by atoms with Crippen LogP contribution in [0.4, 0.5) is 5.69 Å². The zero-order valence-electron chi connectivity index (χ0n) is 18.1. The molecule has 1 aliphatic heterocycles. The smallest absolute Gasteiger partial charge is 0.295 e. The lowest BCUT2D eigenvalue weighted by atomic mass is 9.95. The number of rotatable bonds is 10. The molecular formula is C24H24N2O7. The van der Waals surface area contributed by atoms with Gasteiger partial charge in [-0.05, 0) is 48.4 Å². The highest BCUT2D eigenvalue weighted by atomic mass is 16.6. The summed E-state index contributed by atoms with van der Waals surface area (Å²) in [6, 6.07) is 11.1. The highest BCUT2D eigenvalue weighted by Crippen LogP contribution is 2.40. The first-order valence-electron chi connectivity index (χ1n) is 10.2. The fourth-order valence-corrected chi connectivity index (χ4v) is 3.63. The Kier molecular flexibility index (Phi) is 7.57. The maximum absolute atomic E-state index is 12.9. The van der Waals surface area contributed by atoms with Crippen molar-refractivity contribution in [2.24, 2.45) is 0 Å². The first-order valence-corrected chi connectivity index (χ1v) is 10.2. The Morgan fingerprint density at radius 2 is 1.85 bits per heavy atom. The normalized spacial score (nSPS) is 17.2. The van der Waals surface area contributed by atoms with Crippen molar-refractivity contribution in [3.63, 3.8) is 0 Å². The van der Waals surface area contributed by atoms with Gasteiger partial charge in [0.1, 0.15) is 18.1 Å². The number of nitro groups is 1. The van der Waals surface area contributed by atoms with Crippen molar-refractivity contribution in [1.82, 2.24) is 4.90 Å². The maximum atomic E-state index is 12.9. The van der Waals surface area contributed by atoms with Gasteiger partial charge in [0.2, 0.25) is 0 Å². The van der Waals surface area contributed by atoms with Gasteiger partial charge < -0.3 is 19.5 Å². The number of likely N-dealkylation sites (tertiary alicyclic amines) is 1. The Bertz CT molecular complexity index is 1070. The molecule has 0 aromatic heterocycles. The molecule has 2 aromatic rings. The quantitative estimate of drug-likeness (QED) is 0.111. The predicted molar refractivity (Wildman–Crippen MR) is 121 cm³/mol. The van der Waals surface area contributed by atoms with E-state index in [1.165, 1.54) is 36.3 Å². The van der Waals surface area contributed by atoms with Gasteiger partial charge >= 0.3 is 0 Å². The summed E-state index contributed by atoms with van der Waals surface area (Å²) >= 11 is 0. The molecule has 9 heteroatoms. The first kappa shape index (κ1) is 23.7. The fraction of sp³-hybridized carbons (Fsp3) is 0.250. The number of nitro benzene ring substituents is 1. The van der Waals surface area contributed by atoms with E-state index in [0.717, 1.165) is 0 Å². The van der Waals surface area contributed by atoms with Gasteiger partial charge in [0, 0.05) is 38.0 Å². The van der Waals surface area contributed by atoms with Crippen LogP contribution in [0.3, 0.4) is 0 Å². The van der Waals surface area contributed by atoms with Gasteiger partial charge in [0.05, 0.1) is 16.5 Å². The van der Waals surface area contributed by atoms with Crippen LogP contribution in [-0.2, 0) is 14.3 Å². The third-order valence-corrected chi connectivity index (χ3v) is 5.20. The molecule has 0 spiro atoms. The van der Waals surface area contributed by atoms with Crippen molar-refractivity contribution in [3.05, 3.63) is 88.0 Å². The molecule has 1 amide bonds. The van der Waals surface area contributed by atoms with Crippen LogP contribution in [-0.4, -0.2) is 53.5 Å². The van der Waals surface area contributed by atoms with E-state index in [1.807, 2.05) is 0 Å². The second-order valence-electron chi connectivity index (χ2n) is 7.31. The summed E-state index contributed by atoms with van der Waals surface area (Å²) in [6.07, 6.45) is 2.07. The Hall–Kier alpha value is -3.98. The van der Waals surface area contributed by atoms with Gasteiger partial charge in [-0.15, -0.1) is 0 Å². The summed E-state index contributed by atoms with van der Waals surface area (Å²) in [5.74, 6) is -1.35. The van der Waals surface area contributed by atoms with Crippen LogP contribution in [0.1, 0.15) is 23.6 Å². The molecule has 172 valence electrons. The Morgan fingerprint density at radius 1 is 1.18 bits per heavy atom. The number of aliphatic hydroxyl groups excluding tert-OH is 1. The number of benzene rings is 2. The van der Waals surface area contributed by atoms with Gasteiger partial charge in [0.15, 0.2) is 0 Å². The van der Waals surface area contributed by atoms with Crippen LogP contribution in [0.25, 0.3) is 5.76 Å². The topological polar surface area (TPSA) is 119 Å². The summed E-state index contributed by atoms with van der Waals surface area (Å²) in [5.41, 5.74) is 0.615. The molecule has 1 atom stereocenters. The fourth-order valence-electron chi connectivity index (χ4n) is 3.63. The molecule has 0 aliphatic carbocycles. The SMILES string of the molecule is C=CCOc1ccc(/C(O)=C2\C(=O)C(=O)N(CCCOC)C2c2ccc([N+](=O)[O-])cc2)cc1. The maximum Gasteiger partial charge on any atom is 0.295 e. The minimum absolute atomic E-state index is 0.0778. The summed E-state index contributed by atoms with van der Waals surface area (Å²) in [7, 11) is 1.53. The van der Waals surface area contributed by atoms with Gasteiger partial charge in [-0.25, -0.2) is 0 Å². The largest absolute Gasteiger partial charge is 0.507 e. The molecule has 1 heterocycles. The van der Waals surface area contributed by atoms with Crippen molar-refractivity contribution in [2.75, 3.05) is 26.9 Å². The van der Waals surface area contributed by atoms with Gasteiger partial charge in [0.25, 0.3) is 17.4 Å².